The summed E-state index contributed by atoms with van der Waals surface area (Å²) in [6.45, 7) is 8.43. The first-order valence-corrected chi connectivity index (χ1v) is 11.5. The number of carbonyl (C=O) groups excluding carboxylic acids is 1. The van der Waals surface area contributed by atoms with E-state index in [4.69, 9.17) is 23.2 Å². The number of amides is 1. The van der Waals surface area contributed by atoms with Gasteiger partial charge in [0.15, 0.2) is 0 Å². The summed E-state index contributed by atoms with van der Waals surface area (Å²) in [4.78, 5) is 14.6. The molecule has 0 fully saturated rings. The van der Waals surface area contributed by atoms with Crippen LogP contribution in [0.5, 0.6) is 0 Å². The first-order chi connectivity index (χ1) is 13.6. The lowest BCUT2D eigenvalue weighted by Gasteiger charge is -2.24. The summed E-state index contributed by atoms with van der Waals surface area (Å²) in [6.07, 6.45) is 0. The molecule has 0 spiro atoms. The van der Waals surface area contributed by atoms with E-state index in [2.05, 4.69) is 35.7 Å². The second kappa shape index (κ2) is 10.3. The van der Waals surface area contributed by atoms with Crippen molar-refractivity contribution in [2.45, 2.75) is 31.7 Å². The van der Waals surface area contributed by atoms with Crippen LogP contribution in [0.15, 0.2) is 47.4 Å². The maximum Gasteiger partial charge on any atom is 0.261 e. The van der Waals surface area contributed by atoms with Crippen LogP contribution in [0.2, 0.25) is 10.0 Å². The number of nitrogens with zero attached hydrogens (tertiary/aromatic N) is 1. The van der Waals surface area contributed by atoms with Crippen LogP contribution in [0.4, 0.5) is 5.69 Å². The summed E-state index contributed by atoms with van der Waals surface area (Å²) in [5, 5.41) is 3.27. The Morgan fingerprint density at radius 2 is 1.83 bits per heavy atom. The lowest BCUT2D eigenvalue weighted by Crippen LogP contribution is -2.38. The molecule has 6 nitrogen and oxygen atoms in total. The molecule has 0 saturated carbocycles. The zero-order chi connectivity index (χ0) is 21.6. The first kappa shape index (κ1) is 23.5. The third-order valence-electron chi connectivity index (χ3n) is 4.40. The topological polar surface area (TPSA) is 78.5 Å². The second-order valence-electron chi connectivity index (χ2n) is 6.74. The minimum Gasteiger partial charge on any atom is -0.351 e. The highest BCUT2D eigenvalue weighted by molar-refractivity contribution is 7.92. The van der Waals surface area contributed by atoms with Crippen molar-refractivity contribution in [1.82, 2.24) is 10.2 Å². The van der Waals surface area contributed by atoms with Gasteiger partial charge in [-0.1, -0.05) is 36.2 Å². The van der Waals surface area contributed by atoms with Crippen molar-refractivity contribution in [2.75, 3.05) is 24.4 Å². The van der Waals surface area contributed by atoms with E-state index in [-0.39, 0.29) is 26.5 Å². The first-order valence-electron chi connectivity index (χ1n) is 9.24. The quantitative estimate of drug-likeness (QED) is 0.589. The Hall–Kier alpha value is -1.80. The van der Waals surface area contributed by atoms with Crippen LogP contribution in [-0.4, -0.2) is 44.9 Å². The van der Waals surface area contributed by atoms with Crippen LogP contribution in [-0.2, 0) is 10.0 Å². The third kappa shape index (κ3) is 6.60. The van der Waals surface area contributed by atoms with Crippen molar-refractivity contribution in [1.29, 1.82) is 0 Å². The van der Waals surface area contributed by atoms with Crippen molar-refractivity contribution in [3.63, 3.8) is 0 Å². The molecule has 158 valence electrons. The molecule has 0 atom stereocenters. The van der Waals surface area contributed by atoms with E-state index >= 15 is 0 Å². The number of hydrogen-bond acceptors (Lipinski definition) is 4. The highest BCUT2D eigenvalue weighted by Gasteiger charge is 2.17. The van der Waals surface area contributed by atoms with Crippen LogP contribution in [0, 0.1) is 0 Å². The fraction of sp³-hybridized carbons (Fsp3) is 0.350. The Balaban J connectivity index is 2.06. The predicted molar refractivity (Wildman–Crippen MR) is 118 cm³/mol. The Morgan fingerprint density at radius 3 is 2.45 bits per heavy atom. The highest BCUT2D eigenvalue weighted by atomic mass is 35.5. The number of anilines is 1. The molecule has 0 aliphatic heterocycles. The van der Waals surface area contributed by atoms with Gasteiger partial charge in [-0.2, -0.15) is 0 Å². The number of hydrogen-bond donors (Lipinski definition) is 2. The molecule has 0 aliphatic carbocycles. The minimum absolute atomic E-state index is 0.0184. The Bertz CT molecular complexity index is 965. The van der Waals surface area contributed by atoms with Gasteiger partial charge in [0, 0.05) is 30.4 Å². The number of benzene rings is 2. The average molecular weight is 458 g/mol. The summed E-state index contributed by atoms with van der Waals surface area (Å²) < 4.78 is 27.6. The summed E-state index contributed by atoms with van der Waals surface area (Å²) in [5.74, 6) is -0.264. The van der Waals surface area contributed by atoms with Gasteiger partial charge in [-0.3, -0.25) is 14.4 Å². The van der Waals surface area contributed by atoms with E-state index in [0.29, 0.717) is 18.2 Å². The Kier molecular flexibility index (Phi) is 8.34. The molecule has 0 unspecified atom stereocenters. The molecule has 0 radical (unpaired) electrons. The summed E-state index contributed by atoms with van der Waals surface area (Å²) in [5.41, 5.74) is 0.646. The van der Waals surface area contributed by atoms with Gasteiger partial charge in [0.1, 0.15) is 0 Å². The van der Waals surface area contributed by atoms with Gasteiger partial charge < -0.3 is 5.32 Å². The van der Waals surface area contributed by atoms with Gasteiger partial charge in [0.2, 0.25) is 0 Å². The van der Waals surface area contributed by atoms with Gasteiger partial charge >= 0.3 is 0 Å². The smallest absolute Gasteiger partial charge is 0.261 e. The molecule has 2 aromatic carbocycles. The van der Waals surface area contributed by atoms with Crippen molar-refractivity contribution in [2.24, 2.45) is 0 Å². The molecule has 1 amide bonds. The van der Waals surface area contributed by atoms with Crippen LogP contribution in [0.25, 0.3) is 0 Å². The molecule has 0 aliphatic rings. The van der Waals surface area contributed by atoms with Crippen molar-refractivity contribution in [3.05, 3.63) is 58.1 Å². The van der Waals surface area contributed by atoms with Gasteiger partial charge in [-0.15, -0.1) is 0 Å². The fourth-order valence-corrected chi connectivity index (χ4v) is 4.22. The highest BCUT2D eigenvalue weighted by Crippen LogP contribution is 2.26. The number of halogens is 2. The van der Waals surface area contributed by atoms with Gasteiger partial charge in [0.25, 0.3) is 15.9 Å². The third-order valence-corrected chi connectivity index (χ3v) is 6.52. The minimum atomic E-state index is -3.87. The van der Waals surface area contributed by atoms with Crippen molar-refractivity contribution < 1.29 is 13.2 Å². The summed E-state index contributed by atoms with van der Waals surface area (Å²) in [6, 6.07) is 10.8. The largest absolute Gasteiger partial charge is 0.351 e. The number of likely N-dealkylation sites (N-methyl/N-ethyl adjacent to an activating group) is 1. The molecule has 29 heavy (non-hydrogen) atoms. The van der Waals surface area contributed by atoms with E-state index in [0.717, 1.165) is 13.1 Å². The van der Waals surface area contributed by atoms with Crippen LogP contribution in [0.1, 0.15) is 31.1 Å². The summed E-state index contributed by atoms with van der Waals surface area (Å²) >= 11 is 11.7. The van der Waals surface area contributed by atoms with E-state index in [1.807, 2.05) is 0 Å². The number of nitrogens with one attached hydrogen (secondary N) is 2. The Labute approximate surface area is 182 Å². The average Bonchev–Trinajstić information content (AvgIpc) is 2.66. The molecule has 0 bridgehead atoms. The second-order valence-corrected chi connectivity index (χ2v) is 9.24. The predicted octanol–water partition coefficient (Wildman–Crippen LogP) is 4.25. The molecule has 0 aromatic heterocycles. The molecule has 2 rings (SSSR count). The van der Waals surface area contributed by atoms with Crippen LogP contribution in [0.3, 0.4) is 0 Å². The Morgan fingerprint density at radius 1 is 1.10 bits per heavy atom. The monoisotopic (exact) mass is 457 g/mol. The van der Waals surface area contributed by atoms with Gasteiger partial charge in [-0.25, -0.2) is 8.42 Å². The maximum absolute atomic E-state index is 12.6. The van der Waals surface area contributed by atoms with Gasteiger partial charge in [0.05, 0.1) is 14.9 Å². The maximum atomic E-state index is 12.6. The van der Waals surface area contributed by atoms with E-state index in [1.165, 1.54) is 24.3 Å². The van der Waals surface area contributed by atoms with E-state index in [9.17, 15) is 13.2 Å². The zero-order valence-electron chi connectivity index (χ0n) is 16.6. The molecule has 2 aromatic rings. The molecular weight excluding hydrogens is 433 g/mol. The molecular formula is C20H25Cl2N3O3S. The number of sulfonamides is 1. The van der Waals surface area contributed by atoms with Crippen LogP contribution < -0.4 is 10.0 Å². The lowest BCUT2D eigenvalue weighted by molar-refractivity contribution is 0.0946. The van der Waals surface area contributed by atoms with Crippen molar-refractivity contribution >= 4 is 44.8 Å². The molecule has 2 N–H and O–H groups in total. The van der Waals surface area contributed by atoms with Crippen LogP contribution >= 0.6 is 23.2 Å². The van der Waals surface area contributed by atoms with Gasteiger partial charge in [-0.05, 0) is 56.8 Å². The molecule has 0 saturated heterocycles. The molecule has 9 heteroatoms. The van der Waals surface area contributed by atoms with E-state index in [1.54, 1.807) is 18.2 Å². The molecule has 0 heterocycles. The number of carbonyl (C=O) groups is 1. The SMILES string of the molecule is CCN(CCNC(=O)c1cccc(NS(=O)(=O)c2ccc(Cl)c(Cl)c2)c1)C(C)C. The van der Waals surface area contributed by atoms with E-state index < -0.39 is 10.0 Å². The number of rotatable bonds is 9. The fourth-order valence-electron chi connectivity index (χ4n) is 2.78. The lowest BCUT2D eigenvalue weighted by atomic mass is 10.2. The summed E-state index contributed by atoms with van der Waals surface area (Å²) in [7, 11) is -3.87. The van der Waals surface area contributed by atoms with Crippen molar-refractivity contribution in [3.8, 4) is 0 Å². The zero-order valence-corrected chi connectivity index (χ0v) is 18.9. The normalized spacial score (nSPS) is 11.7. The standard InChI is InChI=1S/C20H25Cl2N3O3S/c1-4-25(14(2)3)11-10-23-20(26)15-6-5-7-16(12-15)24-29(27,28)17-8-9-18(21)19(22)13-17/h5-9,12-14,24H,4,10-11H2,1-3H3,(H,23,26).